The fourth-order valence-electron chi connectivity index (χ4n) is 1.46. The maximum atomic E-state index is 13.0. The molecule has 4 nitrogen and oxygen atoms in total. The average Bonchev–Trinajstić information content (AvgIpc) is 2.30. The summed E-state index contributed by atoms with van der Waals surface area (Å²) in [7, 11) is 1.44. The third kappa shape index (κ3) is 2.26. The summed E-state index contributed by atoms with van der Waals surface area (Å²) in [4.78, 5) is 13.5. The molecule has 17 heavy (non-hydrogen) atoms. The number of ether oxygens (including phenoxy) is 1. The summed E-state index contributed by atoms with van der Waals surface area (Å²) in [5.74, 6) is -0.0605. The maximum Gasteiger partial charge on any atom is 0.251 e. The van der Waals surface area contributed by atoms with E-state index in [1.807, 2.05) is 0 Å². The molecule has 0 aliphatic carbocycles. The van der Waals surface area contributed by atoms with E-state index in [1.54, 1.807) is 0 Å². The molecule has 88 valence electrons. The fraction of sp³-hybridized carbons (Fsp3) is 0.0909. The summed E-state index contributed by atoms with van der Waals surface area (Å²) in [5.41, 5.74) is 0.280. The van der Waals surface area contributed by atoms with Gasteiger partial charge in [0.1, 0.15) is 11.6 Å². The number of rotatable bonds is 2. The van der Waals surface area contributed by atoms with E-state index in [4.69, 9.17) is 17.0 Å². The Bertz CT molecular complexity index is 663. The molecule has 0 bridgehead atoms. The summed E-state index contributed by atoms with van der Waals surface area (Å²) >= 11 is 5.02. The molecule has 6 heteroatoms. The first-order valence-corrected chi connectivity index (χ1v) is 5.18. The number of nitrogens with zero attached hydrogens (tertiary/aromatic N) is 1. The minimum Gasteiger partial charge on any atom is -0.494 e. The van der Waals surface area contributed by atoms with Crippen LogP contribution in [-0.2, 0) is 0 Å². The molecule has 2 rings (SSSR count). The highest BCUT2D eigenvalue weighted by molar-refractivity contribution is 7.71. The van der Waals surface area contributed by atoms with Crippen molar-refractivity contribution >= 4 is 12.2 Å². The number of hydrogen-bond acceptors (Lipinski definition) is 3. The van der Waals surface area contributed by atoms with E-state index in [9.17, 15) is 9.18 Å². The average molecular weight is 252 g/mol. The highest BCUT2D eigenvalue weighted by Gasteiger charge is 2.06. The number of aromatic amines is 1. The Morgan fingerprint density at radius 2 is 2.18 bits per heavy atom. The molecule has 0 fully saturated rings. The van der Waals surface area contributed by atoms with Gasteiger partial charge in [0.05, 0.1) is 12.8 Å². The van der Waals surface area contributed by atoms with Crippen molar-refractivity contribution in [2.45, 2.75) is 0 Å². The van der Waals surface area contributed by atoms with Crippen molar-refractivity contribution in [3.8, 4) is 11.4 Å². The minimum absolute atomic E-state index is 0.224. The molecule has 0 aliphatic rings. The molecule has 1 N–H and O–H groups in total. The van der Waals surface area contributed by atoms with E-state index in [-0.39, 0.29) is 10.3 Å². The van der Waals surface area contributed by atoms with Gasteiger partial charge in [0.15, 0.2) is 4.77 Å². The fourth-order valence-corrected chi connectivity index (χ4v) is 1.72. The Morgan fingerprint density at radius 3 is 2.82 bits per heavy atom. The quantitative estimate of drug-likeness (QED) is 0.832. The SMILES string of the molecule is COc1cc(F)ccc1-n1ccc(=O)[nH]c1=S. The van der Waals surface area contributed by atoms with Gasteiger partial charge in [-0.05, 0) is 24.4 Å². The molecule has 1 heterocycles. The topological polar surface area (TPSA) is 47.0 Å². The Labute approximate surface area is 101 Å². The van der Waals surface area contributed by atoms with Crippen molar-refractivity contribution in [1.82, 2.24) is 9.55 Å². The first-order valence-electron chi connectivity index (χ1n) is 4.78. The van der Waals surface area contributed by atoms with E-state index in [2.05, 4.69) is 4.98 Å². The maximum absolute atomic E-state index is 13.0. The number of hydrogen-bond donors (Lipinski definition) is 1. The van der Waals surface area contributed by atoms with Gasteiger partial charge in [-0.25, -0.2) is 4.39 Å². The minimum atomic E-state index is -0.401. The van der Waals surface area contributed by atoms with E-state index in [0.29, 0.717) is 11.4 Å². The summed E-state index contributed by atoms with van der Waals surface area (Å²) in [6.07, 6.45) is 1.51. The molecule has 0 radical (unpaired) electrons. The lowest BCUT2D eigenvalue weighted by molar-refractivity contribution is 0.409. The van der Waals surface area contributed by atoms with Crippen LogP contribution >= 0.6 is 12.2 Å². The number of halogens is 1. The lowest BCUT2D eigenvalue weighted by atomic mass is 10.3. The molecule has 0 saturated heterocycles. The van der Waals surface area contributed by atoms with Gasteiger partial charge in [-0.2, -0.15) is 0 Å². The highest BCUT2D eigenvalue weighted by atomic mass is 32.1. The number of aromatic nitrogens is 2. The Morgan fingerprint density at radius 1 is 1.41 bits per heavy atom. The second-order valence-corrected chi connectivity index (χ2v) is 3.68. The normalized spacial score (nSPS) is 10.2. The first kappa shape index (κ1) is 11.5. The van der Waals surface area contributed by atoms with Gasteiger partial charge < -0.3 is 4.74 Å². The smallest absolute Gasteiger partial charge is 0.251 e. The summed E-state index contributed by atoms with van der Waals surface area (Å²) in [6, 6.07) is 5.41. The van der Waals surface area contributed by atoms with Crippen LogP contribution in [0.1, 0.15) is 0 Å². The zero-order valence-electron chi connectivity index (χ0n) is 8.94. The lowest BCUT2D eigenvalue weighted by Crippen LogP contribution is -2.10. The molecule has 0 amide bonds. The van der Waals surface area contributed by atoms with Crippen LogP contribution in [0, 0.1) is 10.6 Å². The van der Waals surface area contributed by atoms with Gasteiger partial charge in [0.2, 0.25) is 0 Å². The van der Waals surface area contributed by atoms with Crippen LogP contribution in [0.3, 0.4) is 0 Å². The van der Waals surface area contributed by atoms with Gasteiger partial charge >= 0.3 is 0 Å². The summed E-state index contributed by atoms with van der Waals surface area (Å²) < 4.78 is 19.9. The van der Waals surface area contributed by atoms with Gasteiger partial charge in [-0.3, -0.25) is 14.3 Å². The number of nitrogens with one attached hydrogen (secondary N) is 1. The van der Waals surface area contributed by atoms with Crippen LogP contribution < -0.4 is 10.3 Å². The highest BCUT2D eigenvalue weighted by Crippen LogP contribution is 2.23. The number of H-pyrrole nitrogens is 1. The van der Waals surface area contributed by atoms with Crippen LogP contribution in [0.15, 0.2) is 35.3 Å². The number of methoxy groups -OCH3 is 1. The number of benzene rings is 1. The molecule has 1 aromatic carbocycles. The van der Waals surface area contributed by atoms with E-state index < -0.39 is 5.82 Å². The molecule has 1 aromatic heterocycles. The van der Waals surface area contributed by atoms with E-state index >= 15 is 0 Å². The van der Waals surface area contributed by atoms with Gasteiger partial charge in [-0.1, -0.05) is 0 Å². The van der Waals surface area contributed by atoms with Crippen molar-refractivity contribution in [3.05, 3.63) is 51.4 Å². The Hall–Kier alpha value is -1.95. The van der Waals surface area contributed by atoms with Crippen LogP contribution in [0.2, 0.25) is 0 Å². The molecular weight excluding hydrogens is 243 g/mol. The van der Waals surface area contributed by atoms with Crippen LogP contribution in [-0.4, -0.2) is 16.7 Å². The van der Waals surface area contributed by atoms with E-state index in [0.717, 1.165) is 0 Å². The van der Waals surface area contributed by atoms with E-state index in [1.165, 1.54) is 42.1 Å². The summed E-state index contributed by atoms with van der Waals surface area (Å²) in [6.45, 7) is 0. The molecule has 0 aliphatic heterocycles. The zero-order chi connectivity index (χ0) is 12.4. The Kier molecular flexibility index (Phi) is 3.06. The van der Waals surface area contributed by atoms with Gasteiger partial charge in [0.25, 0.3) is 5.56 Å². The summed E-state index contributed by atoms with van der Waals surface area (Å²) in [5, 5.41) is 0. The lowest BCUT2D eigenvalue weighted by Gasteiger charge is -2.11. The molecule has 0 spiro atoms. The van der Waals surface area contributed by atoms with Crippen molar-refractivity contribution in [2.24, 2.45) is 0 Å². The van der Waals surface area contributed by atoms with Crippen molar-refractivity contribution in [2.75, 3.05) is 7.11 Å². The third-order valence-corrected chi connectivity index (χ3v) is 2.52. The van der Waals surface area contributed by atoms with Crippen LogP contribution in [0.5, 0.6) is 5.75 Å². The van der Waals surface area contributed by atoms with Crippen LogP contribution in [0.25, 0.3) is 5.69 Å². The zero-order valence-corrected chi connectivity index (χ0v) is 9.75. The van der Waals surface area contributed by atoms with Gasteiger partial charge in [0, 0.05) is 18.3 Å². The largest absolute Gasteiger partial charge is 0.494 e. The molecular formula is C11H9FN2O2S. The molecule has 2 aromatic rings. The first-order chi connectivity index (χ1) is 8.11. The molecule has 0 atom stereocenters. The standard InChI is InChI=1S/C11H9FN2O2S/c1-16-9-6-7(12)2-3-8(9)14-5-4-10(15)13-11(14)17/h2-6H,1H3,(H,13,15,17). The predicted molar refractivity (Wildman–Crippen MR) is 63.7 cm³/mol. The predicted octanol–water partition coefficient (Wildman–Crippen LogP) is 2.04. The third-order valence-electron chi connectivity index (χ3n) is 2.23. The van der Waals surface area contributed by atoms with Crippen molar-refractivity contribution < 1.29 is 9.13 Å². The molecule has 0 unspecified atom stereocenters. The second kappa shape index (κ2) is 4.50. The monoisotopic (exact) mass is 252 g/mol. The molecule has 0 saturated carbocycles. The second-order valence-electron chi connectivity index (χ2n) is 3.30. The van der Waals surface area contributed by atoms with Crippen molar-refractivity contribution in [1.29, 1.82) is 0 Å². The van der Waals surface area contributed by atoms with Crippen LogP contribution in [0.4, 0.5) is 4.39 Å². The van der Waals surface area contributed by atoms with Gasteiger partial charge in [-0.15, -0.1) is 0 Å². The van der Waals surface area contributed by atoms with Crippen molar-refractivity contribution in [3.63, 3.8) is 0 Å². The Balaban J connectivity index is 2.68.